The van der Waals surface area contributed by atoms with E-state index >= 15 is 0 Å². The Morgan fingerprint density at radius 3 is 2.60 bits per heavy atom. The molecule has 4 heteroatoms. The van der Waals surface area contributed by atoms with Crippen LogP contribution in [0.3, 0.4) is 0 Å². The third kappa shape index (κ3) is 3.86. The summed E-state index contributed by atoms with van der Waals surface area (Å²) in [6.45, 7) is 1.80. The minimum atomic E-state index is -0.235. The quantitative estimate of drug-likeness (QED) is 0.696. The Labute approximate surface area is 146 Å². The van der Waals surface area contributed by atoms with Crippen LogP contribution < -0.4 is 10.1 Å². The highest BCUT2D eigenvalue weighted by Gasteiger charge is 2.13. The number of carbonyl (C=O) groups is 2. The number of nitrogens with one attached hydrogen (secondary N) is 1. The van der Waals surface area contributed by atoms with E-state index in [9.17, 15) is 9.59 Å². The van der Waals surface area contributed by atoms with Crippen LogP contribution in [0.5, 0.6) is 5.75 Å². The Balaban J connectivity index is 1.67. The van der Waals surface area contributed by atoms with E-state index in [1.807, 2.05) is 49.4 Å². The zero-order valence-corrected chi connectivity index (χ0v) is 13.9. The second-order valence-electron chi connectivity index (χ2n) is 5.80. The van der Waals surface area contributed by atoms with Crippen molar-refractivity contribution in [1.82, 2.24) is 5.32 Å². The van der Waals surface area contributed by atoms with E-state index in [2.05, 4.69) is 5.32 Å². The molecule has 126 valence electrons. The van der Waals surface area contributed by atoms with Crippen LogP contribution in [-0.4, -0.2) is 18.8 Å². The summed E-state index contributed by atoms with van der Waals surface area (Å²) in [5.74, 6) is 0.173. The molecule has 0 fully saturated rings. The molecule has 0 aliphatic carbocycles. The lowest BCUT2D eigenvalue weighted by atomic mass is 10.00. The Morgan fingerprint density at radius 1 is 1.04 bits per heavy atom. The lowest BCUT2D eigenvalue weighted by Crippen LogP contribution is -2.31. The number of fused-ring (bicyclic) bond motifs is 1. The normalized spacial score (nSPS) is 11.7. The standard InChI is InChI=1S/C21H19NO3/c1-15(18-11-6-9-16-7-2-4-10-19(16)18)22-21(24)14-25-20-12-5-3-8-17(20)13-23/h2-13,15H,14H2,1H3,(H,22,24)/t15-/m1/s1. The monoisotopic (exact) mass is 333 g/mol. The SMILES string of the molecule is C[C@@H](NC(=O)COc1ccccc1C=O)c1cccc2ccccc12. The summed E-state index contributed by atoms with van der Waals surface area (Å²) < 4.78 is 5.47. The van der Waals surface area contributed by atoms with Crippen LogP contribution in [0, 0.1) is 0 Å². The number of hydrogen-bond donors (Lipinski definition) is 1. The van der Waals surface area contributed by atoms with Gasteiger partial charge in [0.05, 0.1) is 11.6 Å². The summed E-state index contributed by atoms with van der Waals surface area (Å²) in [5, 5.41) is 5.20. The molecule has 3 rings (SSSR count). The number of benzene rings is 3. The van der Waals surface area contributed by atoms with Crippen molar-refractivity contribution >= 4 is 23.0 Å². The van der Waals surface area contributed by atoms with Gasteiger partial charge < -0.3 is 10.1 Å². The molecular formula is C21H19NO3. The van der Waals surface area contributed by atoms with Crippen LogP contribution in [0.15, 0.2) is 66.7 Å². The lowest BCUT2D eigenvalue weighted by molar-refractivity contribution is -0.123. The van der Waals surface area contributed by atoms with Gasteiger partial charge in [0.1, 0.15) is 5.75 Å². The van der Waals surface area contributed by atoms with Gasteiger partial charge in [-0.1, -0.05) is 54.6 Å². The van der Waals surface area contributed by atoms with Crippen molar-refractivity contribution in [3.63, 3.8) is 0 Å². The van der Waals surface area contributed by atoms with Crippen molar-refractivity contribution in [3.05, 3.63) is 77.9 Å². The van der Waals surface area contributed by atoms with E-state index in [0.29, 0.717) is 17.6 Å². The van der Waals surface area contributed by atoms with Gasteiger partial charge >= 0.3 is 0 Å². The number of para-hydroxylation sites is 1. The fourth-order valence-electron chi connectivity index (χ4n) is 2.84. The van der Waals surface area contributed by atoms with Gasteiger partial charge in [0.2, 0.25) is 0 Å². The summed E-state index contributed by atoms with van der Waals surface area (Å²) in [7, 11) is 0. The molecule has 0 unspecified atom stereocenters. The highest BCUT2D eigenvalue weighted by atomic mass is 16.5. The molecule has 0 aromatic heterocycles. The second-order valence-corrected chi connectivity index (χ2v) is 5.80. The van der Waals surface area contributed by atoms with Crippen molar-refractivity contribution < 1.29 is 14.3 Å². The van der Waals surface area contributed by atoms with E-state index in [0.717, 1.165) is 16.3 Å². The van der Waals surface area contributed by atoms with Gasteiger partial charge in [-0.25, -0.2) is 0 Å². The number of rotatable bonds is 6. The van der Waals surface area contributed by atoms with Crippen LogP contribution >= 0.6 is 0 Å². The average molecular weight is 333 g/mol. The van der Waals surface area contributed by atoms with E-state index in [1.165, 1.54) is 0 Å². The molecule has 1 N–H and O–H groups in total. The molecule has 1 atom stereocenters. The largest absolute Gasteiger partial charge is 0.483 e. The van der Waals surface area contributed by atoms with Gasteiger partial charge in [-0.2, -0.15) is 0 Å². The predicted molar refractivity (Wildman–Crippen MR) is 97.8 cm³/mol. The van der Waals surface area contributed by atoms with Crippen molar-refractivity contribution in [2.24, 2.45) is 0 Å². The van der Waals surface area contributed by atoms with Crippen LogP contribution in [0.2, 0.25) is 0 Å². The van der Waals surface area contributed by atoms with Gasteiger partial charge in [-0.3, -0.25) is 9.59 Å². The number of ether oxygens (including phenoxy) is 1. The van der Waals surface area contributed by atoms with Crippen molar-refractivity contribution in [2.45, 2.75) is 13.0 Å². The summed E-state index contributed by atoms with van der Waals surface area (Å²) >= 11 is 0. The number of carbonyl (C=O) groups excluding carboxylic acids is 2. The fraction of sp³-hybridized carbons (Fsp3) is 0.143. The third-order valence-electron chi connectivity index (χ3n) is 4.07. The van der Waals surface area contributed by atoms with Crippen molar-refractivity contribution in [2.75, 3.05) is 6.61 Å². The molecule has 25 heavy (non-hydrogen) atoms. The maximum atomic E-state index is 12.2. The number of aldehydes is 1. The number of hydrogen-bond acceptors (Lipinski definition) is 3. The molecule has 0 radical (unpaired) electrons. The van der Waals surface area contributed by atoms with Gasteiger partial charge in [0.15, 0.2) is 12.9 Å². The van der Waals surface area contributed by atoms with Crippen LogP contribution in [-0.2, 0) is 4.79 Å². The highest BCUT2D eigenvalue weighted by Crippen LogP contribution is 2.24. The van der Waals surface area contributed by atoms with Gasteiger partial charge in [0.25, 0.3) is 5.91 Å². The fourth-order valence-corrected chi connectivity index (χ4v) is 2.84. The molecule has 0 spiro atoms. The van der Waals surface area contributed by atoms with E-state index < -0.39 is 0 Å². The predicted octanol–water partition coefficient (Wildman–Crippen LogP) is 3.91. The van der Waals surface area contributed by atoms with Crippen LogP contribution in [0.25, 0.3) is 10.8 Å². The Bertz CT molecular complexity index is 899. The van der Waals surface area contributed by atoms with E-state index in [4.69, 9.17) is 4.74 Å². The second kappa shape index (κ2) is 7.62. The van der Waals surface area contributed by atoms with Crippen molar-refractivity contribution in [3.8, 4) is 5.75 Å². The molecule has 4 nitrogen and oxygen atoms in total. The Morgan fingerprint density at radius 2 is 1.76 bits per heavy atom. The molecule has 0 saturated carbocycles. The average Bonchev–Trinajstić information content (AvgIpc) is 2.66. The molecule has 0 saturated heterocycles. The number of amides is 1. The zero-order chi connectivity index (χ0) is 17.6. The van der Waals surface area contributed by atoms with Gasteiger partial charge in [-0.15, -0.1) is 0 Å². The Hall–Kier alpha value is -3.14. The first kappa shape index (κ1) is 16.7. The molecule has 0 bridgehead atoms. The first-order valence-corrected chi connectivity index (χ1v) is 8.13. The van der Waals surface area contributed by atoms with Crippen LogP contribution in [0.4, 0.5) is 0 Å². The minimum Gasteiger partial charge on any atom is -0.483 e. The van der Waals surface area contributed by atoms with Gasteiger partial charge in [0, 0.05) is 0 Å². The van der Waals surface area contributed by atoms with E-state index in [-0.39, 0.29) is 18.6 Å². The molecule has 0 aliphatic rings. The Kier molecular flexibility index (Phi) is 5.09. The van der Waals surface area contributed by atoms with Gasteiger partial charge in [-0.05, 0) is 35.4 Å². The summed E-state index contributed by atoms with van der Waals surface area (Å²) in [5.41, 5.74) is 1.48. The summed E-state index contributed by atoms with van der Waals surface area (Å²) in [6.07, 6.45) is 0.714. The third-order valence-corrected chi connectivity index (χ3v) is 4.07. The first-order chi connectivity index (χ1) is 12.2. The molecular weight excluding hydrogens is 314 g/mol. The maximum absolute atomic E-state index is 12.2. The summed E-state index contributed by atoms with van der Waals surface area (Å²) in [4.78, 5) is 23.2. The zero-order valence-electron chi connectivity index (χ0n) is 13.9. The topological polar surface area (TPSA) is 55.4 Å². The minimum absolute atomic E-state index is 0.139. The molecule has 0 aliphatic heterocycles. The smallest absolute Gasteiger partial charge is 0.258 e. The van der Waals surface area contributed by atoms with E-state index in [1.54, 1.807) is 24.3 Å². The first-order valence-electron chi connectivity index (χ1n) is 8.13. The molecule has 0 heterocycles. The molecule has 3 aromatic rings. The maximum Gasteiger partial charge on any atom is 0.258 e. The molecule has 3 aromatic carbocycles. The summed E-state index contributed by atoms with van der Waals surface area (Å²) in [6, 6.07) is 20.8. The lowest BCUT2D eigenvalue weighted by Gasteiger charge is -2.17. The van der Waals surface area contributed by atoms with Crippen LogP contribution in [0.1, 0.15) is 28.9 Å². The highest BCUT2D eigenvalue weighted by molar-refractivity contribution is 5.87. The molecule has 1 amide bonds. The van der Waals surface area contributed by atoms with Crippen molar-refractivity contribution in [1.29, 1.82) is 0 Å².